The van der Waals surface area contributed by atoms with E-state index in [4.69, 9.17) is 0 Å². The van der Waals surface area contributed by atoms with Gasteiger partial charge in [0.25, 0.3) is 5.91 Å². The number of amides is 1. The van der Waals surface area contributed by atoms with Crippen LogP contribution in [0.1, 0.15) is 25.0 Å². The number of hydrazone groups is 1. The molecule has 5 heteroatoms. The number of nitrogens with one attached hydrogen (secondary N) is 1. The van der Waals surface area contributed by atoms with Crippen molar-refractivity contribution in [3.8, 4) is 11.1 Å². The molecule has 0 unspecified atom stereocenters. The van der Waals surface area contributed by atoms with Crippen LogP contribution >= 0.6 is 22.7 Å². The Kier molecular flexibility index (Phi) is 4.69. The number of hydrogen-bond acceptors (Lipinski definition) is 4. The summed E-state index contributed by atoms with van der Waals surface area (Å²) in [6.45, 7) is 4.09. The topological polar surface area (TPSA) is 41.5 Å². The van der Waals surface area contributed by atoms with Crippen LogP contribution in [0.2, 0.25) is 0 Å². The summed E-state index contributed by atoms with van der Waals surface area (Å²) in [6, 6.07) is 14.1. The Morgan fingerprint density at radius 2 is 1.87 bits per heavy atom. The van der Waals surface area contributed by atoms with Gasteiger partial charge in [0.05, 0.1) is 6.21 Å². The van der Waals surface area contributed by atoms with Gasteiger partial charge in [-0.3, -0.25) is 4.79 Å². The van der Waals surface area contributed by atoms with E-state index < -0.39 is 0 Å². The lowest BCUT2D eigenvalue weighted by molar-refractivity contribution is 0.0960. The molecule has 0 spiro atoms. The predicted octanol–water partition coefficient (Wildman–Crippen LogP) is 4.86. The minimum atomic E-state index is -0.180. The van der Waals surface area contributed by atoms with Crippen LogP contribution in [0, 0.1) is 13.8 Å². The number of nitrogens with zero attached hydrogens (tertiary/aromatic N) is 1. The van der Waals surface area contributed by atoms with Gasteiger partial charge in [0, 0.05) is 15.3 Å². The van der Waals surface area contributed by atoms with Crippen molar-refractivity contribution >= 4 is 34.8 Å². The maximum Gasteiger partial charge on any atom is 0.282 e. The van der Waals surface area contributed by atoms with E-state index in [0.29, 0.717) is 4.88 Å². The van der Waals surface area contributed by atoms with Gasteiger partial charge in [-0.25, -0.2) is 5.43 Å². The quantitative estimate of drug-likeness (QED) is 0.535. The molecule has 0 aliphatic carbocycles. The van der Waals surface area contributed by atoms with Crippen LogP contribution in [0.5, 0.6) is 0 Å². The number of hydrogen-bond donors (Lipinski definition) is 1. The number of carbonyl (C=O) groups excluding carboxylic acids is 1. The Hall–Kier alpha value is -2.24. The van der Waals surface area contributed by atoms with Crippen molar-refractivity contribution < 1.29 is 4.79 Å². The van der Waals surface area contributed by atoms with Crippen molar-refractivity contribution in [1.29, 1.82) is 0 Å². The summed E-state index contributed by atoms with van der Waals surface area (Å²) < 4.78 is 0. The van der Waals surface area contributed by atoms with Crippen LogP contribution in [0.4, 0.5) is 0 Å². The lowest BCUT2D eigenvalue weighted by atomic mass is 10.1. The minimum absolute atomic E-state index is 0.180. The van der Waals surface area contributed by atoms with Crippen LogP contribution in [0.3, 0.4) is 0 Å². The lowest BCUT2D eigenvalue weighted by Crippen LogP contribution is -2.16. The molecule has 2 aromatic heterocycles. The third-order valence-corrected chi connectivity index (χ3v) is 5.20. The molecule has 2 heterocycles. The Balaban J connectivity index is 1.74. The average Bonchev–Trinajstić information content (AvgIpc) is 3.17. The molecule has 0 fully saturated rings. The Labute approximate surface area is 143 Å². The zero-order valence-corrected chi connectivity index (χ0v) is 14.5. The Morgan fingerprint density at radius 1 is 1.09 bits per heavy atom. The second kappa shape index (κ2) is 6.89. The summed E-state index contributed by atoms with van der Waals surface area (Å²) in [5.41, 5.74) is 5.79. The largest absolute Gasteiger partial charge is 0.282 e. The summed E-state index contributed by atoms with van der Waals surface area (Å²) in [5, 5.41) is 5.98. The number of carbonyl (C=O) groups is 1. The van der Waals surface area contributed by atoms with E-state index in [1.54, 1.807) is 17.6 Å². The second-order valence-corrected chi connectivity index (χ2v) is 7.41. The van der Waals surface area contributed by atoms with Crippen LogP contribution < -0.4 is 5.43 Å². The molecule has 3 aromatic rings. The smallest absolute Gasteiger partial charge is 0.266 e. The lowest BCUT2D eigenvalue weighted by Gasteiger charge is -2.03. The monoisotopic (exact) mass is 340 g/mol. The van der Waals surface area contributed by atoms with Crippen LogP contribution in [0.25, 0.3) is 11.1 Å². The van der Waals surface area contributed by atoms with E-state index in [0.717, 1.165) is 16.0 Å². The van der Waals surface area contributed by atoms with Crippen molar-refractivity contribution in [3.63, 3.8) is 0 Å². The molecule has 0 saturated heterocycles. The first-order chi connectivity index (χ1) is 11.1. The van der Waals surface area contributed by atoms with Gasteiger partial charge in [-0.05, 0) is 43.0 Å². The Bertz CT molecular complexity index is 844. The van der Waals surface area contributed by atoms with E-state index in [1.807, 2.05) is 61.7 Å². The number of thiophene rings is 2. The van der Waals surface area contributed by atoms with E-state index in [1.165, 1.54) is 21.8 Å². The van der Waals surface area contributed by atoms with Gasteiger partial charge in [0.15, 0.2) is 0 Å². The molecule has 1 N–H and O–H groups in total. The van der Waals surface area contributed by atoms with Gasteiger partial charge in [-0.2, -0.15) is 5.10 Å². The molecule has 1 aromatic carbocycles. The summed E-state index contributed by atoms with van der Waals surface area (Å²) >= 11 is 3.06. The van der Waals surface area contributed by atoms with E-state index in [9.17, 15) is 4.79 Å². The highest BCUT2D eigenvalue weighted by Gasteiger charge is 2.13. The molecule has 0 aliphatic heterocycles. The highest BCUT2D eigenvalue weighted by atomic mass is 32.1. The highest BCUT2D eigenvalue weighted by molar-refractivity contribution is 7.13. The normalized spacial score (nSPS) is 11.0. The van der Waals surface area contributed by atoms with Crippen molar-refractivity contribution in [2.45, 2.75) is 13.8 Å². The fraction of sp³-hybridized carbons (Fsp3) is 0.111. The molecule has 3 rings (SSSR count). The molecule has 3 nitrogen and oxygen atoms in total. The second-order valence-electron chi connectivity index (χ2n) is 5.18. The SMILES string of the molecule is Cc1ccc(-c2ccsc2C(=O)N/N=C\c2ccc(C)s2)cc1. The molecule has 0 atom stereocenters. The van der Waals surface area contributed by atoms with Gasteiger partial charge in [0.2, 0.25) is 0 Å². The summed E-state index contributed by atoms with van der Waals surface area (Å²) in [6.07, 6.45) is 1.68. The zero-order chi connectivity index (χ0) is 16.2. The molecule has 0 aliphatic rings. The fourth-order valence-electron chi connectivity index (χ4n) is 2.17. The third kappa shape index (κ3) is 3.75. The van der Waals surface area contributed by atoms with Gasteiger partial charge in [-0.1, -0.05) is 29.8 Å². The van der Waals surface area contributed by atoms with Gasteiger partial charge in [-0.15, -0.1) is 22.7 Å². The maximum absolute atomic E-state index is 12.4. The van der Waals surface area contributed by atoms with E-state index in [-0.39, 0.29) is 5.91 Å². The van der Waals surface area contributed by atoms with Crippen LogP contribution in [0.15, 0.2) is 52.9 Å². The molecule has 1 amide bonds. The van der Waals surface area contributed by atoms with E-state index in [2.05, 4.69) is 10.5 Å². The minimum Gasteiger partial charge on any atom is -0.266 e. The zero-order valence-electron chi connectivity index (χ0n) is 12.9. The van der Waals surface area contributed by atoms with Gasteiger partial charge in [0.1, 0.15) is 4.88 Å². The molecular weight excluding hydrogens is 324 g/mol. The molecule has 0 saturated carbocycles. The van der Waals surface area contributed by atoms with Crippen molar-refractivity contribution in [2.75, 3.05) is 0 Å². The predicted molar refractivity (Wildman–Crippen MR) is 98.6 cm³/mol. The molecular formula is C18H16N2OS2. The Morgan fingerprint density at radius 3 is 2.57 bits per heavy atom. The summed E-state index contributed by atoms with van der Waals surface area (Å²) in [7, 11) is 0. The fourth-order valence-corrected chi connectivity index (χ4v) is 3.73. The number of aryl methyl sites for hydroxylation is 2. The number of rotatable bonds is 4. The number of benzene rings is 1. The van der Waals surface area contributed by atoms with Gasteiger partial charge >= 0.3 is 0 Å². The van der Waals surface area contributed by atoms with Gasteiger partial charge < -0.3 is 0 Å². The van der Waals surface area contributed by atoms with Crippen molar-refractivity contribution in [2.24, 2.45) is 5.10 Å². The first-order valence-corrected chi connectivity index (χ1v) is 8.87. The van der Waals surface area contributed by atoms with Crippen LogP contribution in [-0.2, 0) is 0 Å². The van der Waals surface area contributed by atoms with Crippen molar-refractivity contribution in [1.82, 2.24) is 5.43 Å². The molecule has 0 radical (unpaired) electrons. The van der Waals surface area contributed by atoms with E-state index >= 15 is 0 Å². The first-order valence-electron chi connectivity index (χ1n) is 7.18. The average molecular weight is 340 g/mol. The van der Waals surface area contributed by atoms with Crippen molar-refractivity contribution in [3.05, 3.63) is 68.0 Å². The van der Waals surface area contributed by atoms with Crippen LogP contribution in [-0.4, -0.2) is 12.1 Å². The summed E-state index contributed by atoms with van der Waals surface area (Å²) in [4.78, 5) is 15.3. The molecule has 23 heavy (non-hydrogen) atoms. The highest BCUT2D eigenvalue weighted by Crippen LogP contribution is 2.28. The summed E-state index contributed by atoms with van der Waals surface area (Å²) in [5.74, 6) is -0.180. The maximum atomic E-state index is 12.4. The first kappa shape index (κ1) is 15.6. The molecule has 116 valence electrons. The standard InChI is InChI=1S/C18H16N2OS2/c1-12-3-6-14(7-4-12)16-9-10-22-17(16)18(21)20-19-11-15-8-5-13(2)23-15/h3-11H,1-2H3,(H,20,21)/b19-11-. The molecule has 0 bridgehead atoms. The third-order valence-electron chi connectivity index (χ3n) is 3.35.